The van der Waals surface area contributed by atoms with Crippen molar-refractivity contribution in [1.29, 1.82) is 0 Å². The SMILES string of the molecule is COc1cc(C(=O)Oc2c(Br)cc(Br)cc2C=NNC(=O)c2[nH]c3c(OC)ccc(Br)c3c2-c2ccccc2)cc(OC)c1OC. The number of nitrogens with one attached hydrogen (secondary N) is 2. The van der Waals surface area contributed by atoms with E-state index in [1.54, 1.807) is 19.2 Å². The highest BCUT2D eigenvalue weighted by Gasteiger charge is 2.24. The number of aromatic amines is 1. The summed E-state index contributed by atoms with van der Waals surface area (Å²) in [6.45, 7) is 0. The van der Waals surface area contributed by atoms with Gasteiger partial charge < -0.3 is 28.7 Å². The summed E-state index contributed by atoms with van der Waals surface area (Å²) in [6.07, 6.45) is 1.38. The third-order valence-electron chi connectivity index (χ3n) is 6.88. The summed E-state index contributed by atoms with van der Waals surface area (Å²) in [5, 5.41) is 5.00. The van der Waals surface area contributed by atoms with Crippen LogP contribution in [0.15, 0.2) is 85.2 Å². The van der Waals surface area contributed by atoms with Gasteiger partial charge in [-0.1, -0.05) is 62.2 Å². The second-order valence-corrected chi connectivity index (χ2v) is 12.2. The summed E-state index contributed by atoms with van der Waals surface area (Å²) in [5.41, 5.74) is 5.60. The van der Waals surface area contributed by atoms with Gasteiger partial charge in [0.25, 0.3) is 5.91 Å². The van der Waals surface area contributed by atoms with Crippen LogP contribution in [0.25, 0.3) is 22.0 Å². The molecule has 0 unspecified atom stereocenters. The largest absolute Gasteiger partial charge is 0.495 e. The lowest BCUT2D eigenvalue weighted by Crippen LogP contribution is -2.19. The number of halogens is 3. The number of ether oxygens (including phenoxy) is 5. The number of fused-ring (bicyclic) bond motifs is 1. The van der Waals surface area contributed by atoms with Crippen LogP contribution in [-0.2, 0) is 0 Å². The molecule has 4 aromatic carbocycles. The number of aromatic nitrogens is 1. The van der Waals surface area contributed by atoms with Crippen molar-refractivity contribution in [1.82, 2.24) is 10.4 Å². The molecule has 0 aliphatic heterocycles. The van der Waals surface area contributed by atoms with Gasteiger partial charge in [-0.3, -0.25) is 4.79 Å². The van der Waals surface area contributed by atoms with Crippen molar-refractivity contribution in [3.63, 3.8) is 0 Å². The number of nitrogens with zero attached hydrogens (tertiary/aromatic N) is 1. The fraction of sp³-hybridized carbons (Fsp3) is 0.121. The fourth-order valence-electron chi connectivity index (χ4n) is 4.82. The molecular formula is C33H26Br3N3O7. The van der Waals surface area contributed by atoms with E-state index < -0.39 is 11.9 Å². The number of rotatable bonds is 10. The van der Waals surface area contributed by atoms with Crippen LogP contribution in [0.2, 0.25) is 0 Å². The first-order chi connectivity index (χ1) is 22.2. The quantitative estimate of drug-likeness (QED) is 0.0632. The van der Waals surface area contributed by atoms with E-state index >= 15 is 0 Å². The molecule has 2 N–H and O–H groups in total. The van der Waals surface area contributed by atoms with Crippen molar-refractivity contribution in [2.45, 2.75) is 0 Å². The zero-order valence-corrected chi connectivity index (χ0v) is 29.6. The summed E-state index contributed by atoms with van der Waals surface area (Å²) < 4.78 is 29.4. The minimum atomic E-state index is -0.689. The standard InChI is InChI=1S/C33H26Br3N3O7/c1-42-23-11-10-21(35)27-26(17-8-6-5-7-9-17)29(38-28(23)27)32(40)39-37-16-19-12-20(34)15-22(36)30(19)46-33(41)18-13-24(43-2)31(45-4)25(14-18)44-3/h5-16,38H,1-4H3,(H,39,40). The maximum atomic E-state index is 13.6. The molecule has 13 heteroatoms. The van der Waals surface area contributed by atoms with Crippen LogP contribution in [0.5, 0.6) is 28.7 Å². The predicted molar refractivity (Wildman–Crippen MR) is 186 cm³/mol. The summed E-state index contributed by atoms with van der Waals surface area (Å²) in [4.78, 5) is 30.1. The number of benzene rings is 4. The van der Waals surface area contributed by atoms with Gasteiger partial charge in [-0.15, -0.1) is 0 Å². The average Bonchev–Trinajstić information content (AvgIpc) is 3.48. The molecule has 236 valence electrons. The predicted octanol–water partition coefficient (Wildman–Crippen LogP) is 8.14. The number of hydrazone groups is 1. The average molecular weight is 816 g/mol. The van der Waals surface area contributed by atoms with Gasteiger partial charge in [0.2, 0.25) is 5.75 Å². The molecule has 0 saturated carbocycles. The van der Waals surface area contributed by atoms with Crippen LogP contribution in [0.3, 0.4) is 0 Å². The van der Waals surface area contributed by atoms with E-state index in [1.165, 1.54) is 39.7 Å². The first kappa shape index (κ1) is 33.0. The van der Waals surface area contributed by atoms with Gasteiger partial charge in [0.1, 0.15) is 11.4 Å². The molecule has 10 nitrogen and oxygen atoms in total. The molecule has 0 aliphatic rings. The highest BCUT2D eigenvalue weighted by atomic mass is 79.9. The third-order valence-corrected chi connectivity index (χ3v) is 8.59. The molecule has 5 aromatic rings. The summed E-state index contributed by atoms with van der Waals surface area (Å²) in [6, 6.07) is 19.6. The molecule has 46 heavy (non-hydrogen) atoms. The Balaban J connectivity index is 1.47. The minimum Gasteiger partial charge on any atom is -0.495 e. The van der Waals surface area contributed by atoms with E-state index in [1.807, 2.05) is 42.5 Å². The topological polar surface area (TPSA) is 120 Å². The number of hydrogen-bond acceptors (Lipinski definition) is 8. The molecule has 0 radical (unpaired) electrons. The van der Waals surface area contributed by atoms with Crippen molar-refractivity contribution in [3.05, 3.63) is 97.0 Å². The minimum absolute atomic E-state index is 0.161. The van der Waals surface area contributed by atoms with Crippen molar-refractivity contribution in [3.8, 4) is 39.9 Å². The molecular weight excluding hydrogens is 790 g/mol. The van der Waals surface area contributed by atoms with Crippen molar-refractivity contribution >= 4 is 76.8 Å². The van der Waals surface area contributed by atoms with Crippen LogP contribution < -0.4 is 29.1 Å². The van der Waals surface area contributed by atoms with Crippen LogP contribution in [0, 0.1) is 0 Å². The molecule has 5 rings (SSSR count). The zero-order valence-electron chi connectivity index (χ0n) is 24.9. The molecule has 1 aromatic heterocycles. The van der Waals surface area contributed by atoms with Crippen LogP contribution >= 0.6 is 47.8 Å². The summed E-state index contributed by atoms with van der Waals surface area (Å²) in [5.74, 6) is 0.497. The number of amides is 1. The van der Waals surface area contributed by atoms with Gasteiger partial charge in [-0.2, -0.15) is 5.10 Å². The number of esters is 1. The molecule has 0 saturated heterocycles. The monoisotopic (exact) mass is 813 g/mol. The Morgan fingerprint density at radius 1 is 0.783 bits per heavy atom. The van der Waals surface area contributed by atoms with Gasteiger partial charge in [0, 0.05) is 25.5 Å². The first-order valence-electron chi connectivity index (χ1n) is 13.5. The lowest BCUT2D eigenvalue weighted by atomic mass is 10.0. The van der Waals surface area contributed by atoms with Gasteiger partial charge in [-0.05, 0) is 57.9 Å². The Kier molecular flexibility index (Phi) is 10.3. The summed E-state index contributed by atoms with van der Waals surface area (Å²) >= 11 is 10.5. The number of methoxy groups -OCH3 is 4. The second kappa shape index (κ2) is 14.4. The van der Waals surface area contributed by atoms with E-state index in [4.69, 9.17) is 23.7 Å². The van der Waals surface area contributed by atoms with Crippen LogP contribution in [0.1, 0.15) is 26.4 Å². The fourth-order valence-corrected chi connectivity index (χ4v) is 6.69. The molecule has 0 fully saturated rings. The van der Waals surface area contributed by atoms with E-state index in [0.29, 0.717) is 48.6 Å². The van der Waals surface area contributed by atoms with Gasteiger partial charge in [0.15, 0.2) is 17.2 Å². The third kappa shape index (κ3) is 6.62. The van der Waals surface area contributed by atoms with Gasteiger partial charge in [0.05, 0.1) is 50.2 Å². The lowest BCUT2D eigenvalue weighted by Gasteiger charge is -2.15. The first-order valence-corrected chi connectivity index (χ1v) is 15.9. The molecule has 0 atom stereocenters. The van der Waals surface area contributed by atoms with E-state index in [9.17, 15) is 9.59 Å². The van der Waals surface area contributed by atoms with Crippen molar-refractivity contribution in [2.24, 2.45) is 5.10 Å². The Morgan fingerprint density at radius 2 is 1.46 bits per heavy atom. The highest BCUT2D eigenvalue weighted by molar-refractivity contribution is 9.11. The Hall–Kier alpha value is -4.33. The maximum Gasteiger partial charge on any atom is 0.343 e. The number of hydrogen-bond donors (Lipinski definition) is 2. The normalized spacial score (nSPS) is 11.0. The van der Waals surface area contributed by atoms with E-state index in [0.717, 1.165) is 15.4 Å². The number of carbonyl (C=O) groups excluding carboxylic acids is 2. The molecule has 1 heterocycles. The lowest BCUT2D eigenvalue weighted by molar-refractivity contribution is 0.0732. The van der Waals surface area contributed by atoms with Crippen molar-refractivity contribution < 1.29 is 33.3 Å². The van der Waals surface area contributed by atoms with E-state index in [-0.39, 0.29) is 17.0 Å². The Morgan fingerprint density at radius 3 is 2.09 bits per heavy atom. The Labute approximate surface area is 289 Å². The molecule has 0 bridgehead atoms. The smallest absolute Gasteiger partial charge is 0.343 e. The zero-order chi connectivity index (χ0) is 33.0. The second-order valence-electron chi connectivity index (χ2n) is 9.55. The molecule has 1 amide bonds. The van der Waals surface area contributed by atoms with Crippen LogP contribution in [0.4, 0.5) is 0 Å². The Bertz CT molecular complexity index is 1950. The number of carbonyl (C=O) groups is 2. The van der Waals surface area contributed by atoms with Gasteiger partial charge in [-0.25, -0.2) is 10.2 Å². The maximum absolute atomic E-state index is 13.6. The van der Waals surface area contributed by atoms with E-state index in [2.05, 4.69) is 63.3 Å². The summed E-state index contributed by atoms with van der Waals surface area (Å²) in [7, 11) is 5.94. The molecule has 0 aliphatic carbocycles. The molecule has 0 spiro atoms. The van der Waals surface area contributed by atoms with Crippen molar-refractivity contribution in [2.75, 3.05) is 28.4 Å². The van der Waals surface area contributed by atoms with Gasteiger partial charge >= 0.3 is 5.97 Å². The highest BCUT2D eigenvalue weighted by Crippen LogP contribution is 2.41. The van der Waals surface area contributed by atoms with Crippen LogP contribution in [-0.4, -0.2) is 51.5 Å². The number of H-pyrrole nitrogens is 1.